The fourth-order valence-corrected chi connectivity index (χ4v) is 4.25. The van der Waals surface area contributed by atoms with Crippen LogP contribution in [-0.2, 0) is 14.3 Å². The molecule has 0 atom stereocenters. The van der Waals surface area contributed by atoms with Gasteiger partial charge in [-0.3, -0.25) is 19.4 Å². The lowest BCUT2D eigenvalue weighted by Gasteiger charge is -2.27. The highest BCUT2D eigenvalue weighted by molar-refractivity contribution is 6.36. The van der Waals surface area contributed by atoms with Gasteiger partial charge in [-0.2, -0.15) is 0 Å². The summed E-state index contributed by atoms with van der Waals surface area (Å²) in [7, 11) is 3.17. The van der Waals surface area contributed by atoms with Crippen LogP contribution in [-0.4, -0.2) is 75.2 Å². The number of carbonyl (C=O) groups is 2. The highest BCUT2D eigenvalue weighted by atomic mass is 16.5. The van der Waals surface area contributed by atoms with E-state index in [9.17, 15) is 9.59 Å². The van der Waals surface area contributed by atoms with Crippen LogP contribution in [0, 0.1) is 6.92 Å². The lowest BCUT2D eigenvalue weighted by Crippen LogP contribution is -2.39. The van der Waals surface area contributed by atoms with Crippen molar-refractivity contribution < 1.29 is 23.8 Å². The number of anilines is 1. The number of amides is 2. The van der Waals surface area contributed by atoms with Crippen LogP contribution in [0.1, 0.15) is 17.5 Å². The van der Waals surface area contributed by atoms with Crippen molar-refractivity contribution in [2.45, 2.75) is 13.3 Å². The number of benzene rings is 2. The van der Waals surface area contributed by atoms with E-state index in [-0.39, 0.29) is 17.5 Å². The Kier molecular flexibility index (Phi) is 7.49. The molecule has 34 heavy (non-hydrogen) atoms. The minimum Gasteiger partial charge on any atom is -0.497 e. The van der Waals surface area contributed by atoms with Crippen molar-refractivity contribution in [3.05, 3.63) is 59.3 Å². The summed E-state index contributed by atoms with van der Waals surface area (Å²) >= 11 is 0. The van der Waals surface area contributed by atoms with E-state index in [1.54, 1.807) is 38.5 Å². The first-order valence-corrected chi connectivity index (χ1v) is 11.5. The van der Waals surface area contributed by atoms with Crippen molar-refractivity contribution in [3.63, 3.8) is 0 Å². The summed E-state index contributed by atoms with van der Waals surface area (Å²) in [4.78, 5) is 30.6. The van der Waals surface area contributed by atoms with Gasteiger partial charge in [-0.05, 0) is 48.7 Å². The van der Waals surface area contributed by atoms with Crippen LogP contribution >= 0.6 is 0 Å². The smallest absolute Gasteiger partial charge is 0.278 e. The van der Waals surface area contributed by atoms with Crippen LogP contribution < -0.4 is 14.8 Å². The first kappa shape index (κ1) is 23.8. The predicted molar refractivity (Wildman–Crippen MR) is 130 cm³/mol. The largest absolute Gasteiger partial charge is 0.497 e. The van der Waals surface area contributed by atoms with Gasteiger partial charge in [-0.15, -0.1) is 0 Å². The lowest BCUT2D eigenvalue weighted by molar-refractivity contribution is -0.136. The average molecular weight is 466 g/mol. The number of hydrogen-bond acceptors (Lipinski definition) is 7. The van der Waals surface area contributed by atoms with Crippen molar-refractivity contribution in [1.29, 1.82) is 0 Å². The van der Waals surface area contributed by atoms with Gasteiger partial charge in [0.15, 0.2) is 0 Å². The van der Waals surface area contributed by atoms with Crippen molar-refractivity contribution in [2.24, 2.45) is 0 Å². The minimum absolute atomic E-state index is 0.255. The van der Waals surface area contributed by atoms with E-state index in [1.807, 2.05) is 25.1 Å². The minimum atomic E-state index is -0.332. The number of rotatable bonds is 9. The second-order valence-electron chi connectivity index (χ2n) is 8.38. The topological polar surface area (TPSA) is 80.3 Å². The first-order valence-electron chi connectivity index (χ1n) is 11.5. The highest BCUT2D eigenvalue weighted by Crippen LogP contribution is 2.34. The molecule has 1 saturated heterocycles. The molecule has 0 saturated carbocycles. The van der Waals surface area contributed by atoms with Crippen molar-refractivity contribution >= 4 is 23.1 Å². The molecule has 2 heterocycles. The van der Waals surface area contributed by atoms with E-state index in [1.165, 1.54) is 4.90 Å². The van der Waals surface area contributed by atoms with Crippen LogP contribution in [0.15, 0.2) is 48.2 Å². The zero-order chi connectivity index (χ0) is 24.1. The zero-order valence-electron chi connectivity index (χ0n) is 19.9. The Morgan fingerprint density at radius 3 is 2.35 bits per heavy atom. The monoisotopic (exact) mass is 465 g/mol. The summed E-state index contributed by atoms with van der Waals surface area (Å²) in [5.74, 6) is 0.643. The molecule has 0 radical (unpaired) electrons. The predicted octanol–water partition coefficient (Wildman–Crippen LogP) is 2.93. The van der Waals surface area contributed by atoms with Crippen molar-refractivity contribution in [2.75, 3.05) is 58.9 Å². The number of imide groups is 1. The molecule has 0 unspecified atom stereocenters. The summed E-state index contributed by atoms with van der Waals surface area (Å²) in [5, 5.41) is 3.21. The van der Waals surface area contributed by atoms with Gasteiger partial charge in [0.1, 0.15) is 17.2 Å². The Morgan fingerprint density at radius 1 is 0.941 bits per heavy atom. The Bertz CT molecular complexity index is 1070. The molecule has 8 heteroatoms. The highest BCUT2D eigenvalue weighted by Gasteiger charge is 2.39. The number of aryl methyl sites for hydroxylation is 1. The average Bonchev–Trinajstić information content (AvgIpc) is 3.09. The molecule has 4 rings (SSSR count). The number of ether oxygens (including phenoxy) is 3. The molecule has 2 aliphatic rings. The van der Waals surface area contributed by atoms with E-state index in [0.717, 1.165) is 38.4 Å². The van der Waals surface area contributed by atoms with Gasteiger partial charge in [0, 0.05) is 26.2 Å². The molecule has 0 bridgehead atoms. The maximum Gasteiger partial charge on any atom is 0.278 e. The van der Waals surface area contributed by atoms with Crippen molar-refractivity contribution in [3.8, 4) is 11.5 Å². The number of methoxy groups -OCH3 is 2. The second-order valence-corrected chi connectivity index (χ2v) is 8.38. The Morgan fingerprint density at radius 2 is 1.68 bits per heavy atom. The maximum absolute atomic E-state index is 13.5. The molecule has 0 aliphatic carbocycles. The summed E-state index contributed by atoms with van der Waals surface area (Å²) in [6, 6.07) is 12.8. The van der Waals surface area contributed by atoms with Gasteiger partial charge in [0.2, 0.25) is 0 Å². The zero-order valence-corrected chi connectivity index (χ0v) is 19.9. The van der Waals surface area contributed by atoms with Crippen molar-refractivity contribution in [1.82, 2.24) is 9.80 Å². The standard InChI is InChI=1S/C26H31N3O5/c1-18-5-10-22(33-3)21(17-18)27-24-23(19-6-8-20(32-2)9-7-19)25(30)29(26(24)31)12-4-11-28-13-15-34-16-14-28/h5-10,17,27H,4,11-16H2,1-3H3. The van der Waals surface area contributed by atoms with E-state index in [0.29, 0.717) is 41.3 Å². The van der Waals surface area contributed by atoms with E-state index in [2.05, 4.69) is 10.2 Å². The fourth-order valence-electron chi connectivity index (χ4n) is 4.25. The van der Waals surface area contributed by atoms with Gasteiger partial charge in [0.05, 0.1) is 38.7 Å². The quantitative estimate of drug-likeness (QED) is 0.571. The Balaban J connectivity index is 1.61. The third-order valence-corrected chi connectivity index (χ3v) is 6.12. The maximum atomic E-state index is 13.5. The molecule has 180 valence electrons. The fraction of sp³-hybridized carbons (Fsp3) is 0.385. The van der Waals surface area contributed by atoms with E-state index in [4.69, 9.17) is 14.2 Å². The SMILES string of the molecule is COc1ccc(C2=C(Nc3cc(C)ccc3OC)C(=O)N(CCCN3CCOCC3)C2=O)cc1. The van der Waals surface area contributed by atoms with Crippen LogP contribution in [0.2, 0.25) is 0 Å². The third kappa shape index (κ3) is 5.08. The molecule has 2 aromatic carbocycles. The lowest BCUT2D eigenvalue weighted by atomic mass is 10.0. The summed E-state index contributed by atoms with van der Waals surface area (Å²) in [5.41, 5.74) is 2.91. The normalized spacial score (nSPS) is 16.9. The molecular weight excluding hydrogens is 434 g/mol. The van der Waals surface area contributed by atoms with Gasteiger partial charge in [-0.1, -0.05) is 18.2 Å². The number of nitrogens with one attached hydrogen (secondary N) is 1. The van der Waals surface area contributed by atoms with Gasteiger partial charge < -0.3 is 19.5 Å². The summed E-state index contributed by atoms with van der Waals surface area (Å²) in [6.45, 7) is 6.31. The van der Waals surface area contributed by atoms with Crippen LogP contribution in [0.25, 0.3) is 5.57 Å². The van der Waals surface area contributed by atoms with E-state index < -0.39 is 0 Å². The van der Waals surface area contributed by atoms with Gasteiger partial charge in [0.25, 0.3) is 11.8 Å². The molecule has 2 aromatic rings. The first-order chi connectivity index (χ1) is 16.5. The Labute approximate surface area is 200 Å². The summed E-state index contributed by atoms with van der Waals surface area (Å²) in [6.07, 6.45) is 0.703. The molecule has 1 N–H and O–H groups in total. The van der Waals surface area contributed by atoms with Crippen LogP contribution in [0.3, 0.4) is 0 Å². The number of morpholine rings is 1. The van der Waals surface area contributed by atoms with E-state index >= 15 is 0 Å². The number of carbonyl (C=O) groups excluding carboxylic acids is 2. The molecule has 2 aliphatic heterocycles. The second kappa shape index (κ2) is 10.7. The molecular formula is C26H31N3O5. The van der Waals surface area contributed by atoms with Crippen LogP contribution in [0.4, 0.5) is 5.69 Å². The molecule has 8 nitrogen and oxygen atoms in total. The molecule has 1 fully saturated rings. The molecule has 2 amide bonds. The van der Waals surface area contributed by atoms with Gasteiger partial charge in [-0.25, -0.2) is 0 Å². The Hall–Kier alpha value is -3.36. The molecule has 0 aromatic heterocycles. The number of hydrogen-bond donors (Lipinski definition) is 1. The third-order valence-electron chi connectivity index (χ3n) is 6.12. The molecule has 0 spiro atoms. The van der Waals surface area contributed by atoms with Gasteiger partial charge >= 0.3 is 0 Å². The van der Waals surface area contributed by atoms with Crippen LogP contribution in [0.5, 0.6) is 11.5 Å². The number of nitrogens with zero attached hydrogens (tertiary/aromatic N) is 2. The summed E-state index contributed by atoms with van der Waals surface area (Å²) < 4.78 is 16.1.